The van der Waals surface area contributed by atoms with Crippen LogP contribution in [0.15, 0.2) is 36.5 Å². The number of phenols is 1. The maximum Gasteiger partial charge on any atom is 0.320 e. The minimum absolute atomic E-state index is 0.0138. The van der Waals surface area contributed by atoms with E-state index in [-0.39, 0.29) is 17.6 Å². The molecule has 0 bridgehead atoms. The molecule has 25 heavy (non-hydrogen) atoms. The fraction of sp³-hybridized carbons (Fsp3) is 0.176. The number of fused-ring (bicyclic) bond motifs is 1. The van der Waals surface area contributed by atoms with Crippen molar-refractivity contribution in [2.45, 2.75) is 6.92 Å². The Kier molecular flexibility index (Phi) is 4.60. The second-order valence-electron chi connectivity index (χ2n) is 5.14. The van der Waals surface area contributed by atoms with Crippen molar-refractivity contribution in [1.82, 2.24) is 20.3 Å². The number of nitrogens with one attached hydrogen (secondary N) is 2. The van der Waals surface area contributed by atoms with Gasteiger partial charge < -0.3 is 15.2 Å². The number of urea groups is 1. The zero-order valence-corrected chi connectivity index (χ0v) is 13.8. The normalized spacial score (nSPS) is 10.5. The molecule has 0 unspecified atom stereocenters. The lowest BCUT2D eigenvalue weighted by molar-refractivity contribution is 0.252. The van der Waals surface area contributed by atoms with Gasteiger partial charge in [-0.1, -0.05) is 0 Å². The Morgan fingerprint density at radius 1 is 1.28 bits per heavy atom. The number of aromatic hydroxyl groups is 1. The zero-order valence-electron chi connectivity index (χ0n) is 13.8. The van der Waals surface area contributed by atoms with Crippen molar-refractivity contribution in [1.29, 1.82) is 0 Å². The average Bonchev–Trinajstić information content (AvgIpc) is 2.62. The van der Waals surface area contributed by atoms with Crippen molar-refractivity contribution in [2.75, 3.05) is 19.0 Å². The number of hydrogen-bond donors (Lipinski definition) is 3. The largest absolute Gasteiger partial charge is 0.504 e. The highest BCUT2D eigenvalue weighted by Crippen LogP contribution is 2.33. The van der Waals surface area contributed by atoms with Crippen LogP contribution in [0.3, 0.4) is 0 Å². The van der Waals surface area contributed by atoms with Gasteiger partial charge in [0, 0.05) is 18.3 Å². The Hall–Kier alpha value is -3.42. The lowest BCUT2D eigenvalue weighted by Gasteiger charge is -2.12. The fourth-order valence-electron chi connectivity index (χ4n) is 2.32. The molecule has 0 aliphatic rings. The number of amides is 2. The fourth-order valence-corrected chi connectivity index (χ4v) is 2.32. The van der Waals surface area contributed by atoms with Gasteiger partial charge in [-0.2, -0.15) is 0 Å². The molecule has 2 amide bonds. The van der Waals surface area contributed by atoms with Gasteiger partial charge in [-0.15, -0.1) is 0 Å². The first kappa shape index (κ1) is 16.4. The van der Waals surface area contributed by atoms with E-state index < -0.39 is 0 Å². The first-order valence-corrected chi connectivity index (χ1v) is 7.67. The maximum atomic E-state index is 11.9. The molecule has 0 saturated heterocycles. The highest BCUT2D eigenvalue weighted by atomic mass is 16.5. The number of carbonyl (C=O) groups is 1. The van der Waals surface area contributed by atoms with Gasteiger partial charge in [-0.25, -0.2) is 19.7 Å². The second-order valence-corrected chi connectivity index (χ2v) is 5.14. The molecule has 128 valence electrons. The van der Waals surface area contributed by atoms with Crippen LogP contribution in [0.2, 0.25) is 0 Å². The van der Waals surface area contributed by atoms with Crippen LogP contribution in [0.4, 0.5) is 10.6 Å². The number of aromatic nitrogens is 3. The standard InChI is InChI=1S/C17H17N5O3/c1-3-18-17(24)22-16-14(10-6-7-12(23)13(9-10)25-2)20-11-5-4-8-19-15(11)21-16/h4-9,23H,3H2,1-2H3,(H2,18,19,21,22,24). The molecule has 0 spiro atoms. The van der Waals surface area contributed by atoms with Crippen LogP contribution in [-0.4, -0.2) is 39.7 Å². The van der Waals surface area contributed by atoms with Crippen molar-refractivity contribution in [2.24, 2.45) is 0 Å². The molecule has 0 atom stereocenters. The van der Waals surface area contributed by atoms with Crippen molar-refractivity contribution < 1.29 is 14.6 Å². The van der Waals surface area contributed by atoms with Crippen molar-refractivity contribution in [3.63, 3.8) is 0 Å². The lowest BCUT2D eigenvalue weighted by Crippen LogP contribution is -2.29. The van der Waals surface area contributed by atoms with Gasteiger partial charge in [0.15, 0.2) is 23.0 Å². The van der Waals surface area contributed by atoms with Gasteiger partial charge >= 0.3 is 6.03 Å². The molecular formula is C17H17N5O3. The SMILES string of the molecule is CCNC(=O)Nc1nc2ncccc2nc1-c1ccc(O)c(OC)c1. The summed E-state index contributed by atoms with van der Waals surface area (Å²) in [7, 11) is 1.46. The van der Waals surface area contributed by atoms with Gasteiger partial charge in [-0.3, -0.25) is 5.32 Å². The summed E-state index contributed by atoms with van der Waals surface area (Å²) in [6, 6.07) is 7.96. The van der Waals surface area contributed by atoms with E-state index in [4.69, 9.17) is 4.74 Å². The highest BCUT2D eigenvalue weighted by Gasteiger charge is 2.15. The Morgan fingerprint density at radius 2 is 2.12 bits per heavy atom. The van der Waals surface area contributed by atoms with E-state index in [9.17, 15) is 9.90 Å². The van der Waals surface area contributed by atoms with Gasteiger partial charge in [0.05, 0.1) is 7.11 Å². The first-order chi connectivity index (χ1) is 12.1. The summed E-state index contributed by atoms with van der Waals surface area (Å²) >= 11 is 0. The molecule has 3 N–H and O–H groups in total. The Bertz CT molecular complexity index is 929. The Morgan fingerprint density at radius 3 is 2.88 bits per heavy atom. The van der Waals surface area contributed by atoms with E-state index in [1.165, 1.54) is 13.2 Å². The van der Waals surface area contributed by atoms with Gasteiger partial charge in [0.25, 0.3) is 0 Å². The summed E-state index contributed by atoms with van der Waals surface area (Å²) in [4.78, 5) is 25.1. The molecule has 0 aliphatic heterocycles. The summed E-state index contributed by atoms with van der Waals surface area (Å²) in [6.45, 7) is 2.30. The summed E-state index contributed by atoms with van der Waals surface area (Å²) in [5, 5.41) is 15.1. The van der Waals surface area contributed by atoms with E-state index >= 15 is 0 Å². The molecule has 0 radical (unpaired) electrons. The number of nitrogens with zero attached hydrogens (tertiary/aromatic N) is 3. The number of benzene rings is 1. The number of anilines is 1. The minimum atomic E-state index is -0.390. The van der Waals surface area contributed by atoms with Crippen LogP contribution in [0.1, 0.15) is 6.92 Å². The number of hydrogen-bond acceptors (Lipinski definition) is 6. The van der Waals surface area contributed by atoms with Crippen LogP contribution < -0.4 is 15.4 Å². The Balaban J connectivity index is 2.15. The van der Waals surface area contributed by atoms with Crippen molar-refractivity contribution in [3.8, 4) is 22.8 Å². The molecule has 1 aromatic carbocycles. The summed E-state index contributed by atoms with van der Waals surface area (Å²) in [5.74, 6) is 0.583. The predicted octanol–water partition coefficient (Wildman–Crippen LogP) is 2.55. The number of phenolic OH excluding ortho intramolecular Hbond substituents is 1. The topological polar surface area (TPSA) is 109 Å². The van der Waals surface area contributed by atoms with Crippen LogP contribution in [0.25, 0.3) is 22.4 Å². The summed E-state index contributed by atoms with van der Waals surface area (Å²) < 4.78 is 5.14. The molecule has 3 rings (SSSR count). The third-order valence-electron chi connectivity index (χ3n) is 3.46. The quantitative estimate of drug-likeness (QED) is 0.674. The van der Waals surface area contributed by atoms with Gasteiger partial charge in [0.2, 0.25) is 0 Å². The molecule has 2 aromatic heterocycles. The monoisotopic (exact) mass is 339 g/mol. The minimum Gasteiger partial charge on any atom is -0.504 e. The van der Waals surface area contributed by atoms with Crippen LogP contribution in [0.5, 0.6) is 11.5 Å². The summed E-state index contributed by atoms with van der Waals surface area (Å²) in [6.07, 6.45) is 1.61. The number of ether oxygens (including phenoxy) is 1. The number of pyridine rings is 1. The first-order valence-electron chi connectivity index (χ1n) is 7.67. The van der Waals surface area contributed by atoms with Crippen molar-refractivity contribution in [3.05, 3.63) is 36.5 Å². The molecule has 0 saturated carbocycles. The molecule has 0 fully saturated rings. The highest BCUT2D eigenvalue weighted by molar-refractivity contribution is 5.94. The third-order valence-corrected chi connectivity index (χ3v) is 3.46. The van der Waals surface area contributed by atoms with E-state index in [2.05, 4.69) is 25.6 Å². The Labute approximate surface area is 143 Å². The number of methoxy groups -OCH3 is 1. The van der Waals surface area contributed by atoms with E-state index in [1.807, 2.05) is 6.92 Å². The molecule has 8 nitrogen and oxygen atoms in total. The predicted molar refractivity (Wildman–Crippen MR) is 93.7 cm³/mol. The molecule has 0 aliphatic carbocycles. The van der Waals surface area contributed by atoms with Crippen LogP contribution >= 0.6 is 0 Å². The second kappa shape index (κ2) is 7.00. The van der Waals surface area contributed by atoms with Crippen molar-refractivity contribution >= 4 is 23.0 Å². The lowest BCUT2D eigenvalue weighted by atomic mass is 10.1. The van der Waals surface area contributed by atoms with E-state index in [0.29, 0.717) is 34.7 Å². The third kappa shape index (κ3) is 3.42. The van der Waals surface area contributed by atoms with Crippen LogP contribution in [-0.2, 0) is 0 Å². The van der Waals surface area contributed by atoms with Gasteiger partial charge in [-0.05, 0) is 37.3 Å². The summed E-state index contributed by atoms with van der Waals surface area (Å²) in [5.41, 5.74) is 2.10. The maximum absolute atomic E-state index is 11.9. The molecule has 8 heteroatoms. The van der Waals surface area contributed by atoms with E-state index in [1.54, 1.807) is 30.5 Å². The van der Waals surface area contributed by atoms with Crippen LogP contribution in [0, 0.1) is 0 Å². The smallest absolute Gasteiger partial charge is 0.320 e. The molecule has 3 aromatic rings. The van der Waals surface area contributed by atoms with E-state index in [0.717, 1.165) is 0 Å². The van der Waals surface area contributed by atoms with Gasteiger partial charge in [0.1, 0.15) is 11.2 Å². The number of rotatable bonds is 4. The zero-order chi connectivity index (χ0) is 17.8. The average molecular weight is 339 g/mol. The molecule has 2 heterocycles. The molecular weight excluding hydrogens is 322 g/mol. The number of carbonyl (C=O) groups excluding carboxylic acids is 1.